The Bertz CT molecular complexity index is 1220. The summed E-state index contributed by atoms with van der Waals surface area (Å²) in [6, 6.07) is 0.566. The van der Waals surface area contributed by atoms with E-state index >= 15 is 0 Å². The van der Waals surface area contributed by atoms with Crippen molar-refractivity contribution in [2.75, 3.05) is 17.3 Å². The maximum atomic E-state index is 11.3. The van der Waals surface area contributed by atoms with Gasteiger partial charge in [0.25, 0.3) is 0 Å². The van der Waals surface area contributed by atoms with Gasteiger partial charge in [0.1, 0.15) is 5.52 Å². The van der Waals surface area contributed by atoms with Crippen molar-refractivity contribution in [2.24, 2.45) is 17.8 Å². The van der Waals surface area contributed by atoms with Gasteiger partial charge in [-0.1, -0.05) is 52.0 Å². The van der Waals surface area contributed by atoms with E-state index in [4.69, 9.17) is 15.4 Å². The zero-order valence-electron chi connectivity index (χ0n) is 23.7. The number of anilines is 2. The van der Waals surface area contributed by atoms with E-state index in [0.29, 0.717) is 29.3 Å². The van der Waals surface area contributed by atoms with Crippen LogP contribution in [0, 0.1) is 23.2 Å². The molecule has 0 radical (unpaired) electrons. The highest BCUT2D eigenvalue weighted by Gasteiger charge is 2.32. The SMILES string of the molecule is C=C(C1CCC(C)CC1)n1c(N(C)C2CCCCC2)nc2nc(C(=N)NC(=O)O)nc(N[C@H](C)C3CCC3)c21. The van der Waals surface area contributed by atoms with Gasteiger partial charge in [-0.05, 0) is 63.2 Å². The number of nitrogens with zero attached hydrogens (tertiary/aromatic N) is 5. The average molecular weight is 537 g/mol. The van der Waals surface area contributed by atoms with Crippen molar-refractivity contribution in [3.05, 3.63) is 12.4 Å². The number of carbonyl (C=O) groups is 1. The molecule has 10 heteroatoms. The lowest BCUT2D eigenvalue weighted by Gasteiger charge is -2.35. The van der Waals surface area contributed by atoms with E-state index in [1.165, 1.54) is 51.4 Å². The summed E-state index contributed by atoms with van der Waals surface area (Å²) in [5.74, 6) is 2.69. The van der Waals surface area contributed by atoms with Crippen LogP contribution in [0.1, 0.15) is 96.7 Å². The number of amides is 1. The van der Waals surface area contributed by atoms with Crippen molar-refractivity contribution < 1.29 is 9.90 Å². The molecule has 3 fully saturated rings. The second-order valence-corrected chi connectivity index (χ2v) is 12.1. The number of carboxylic acid groups (broad SMARTS) is 1. The van der Waals surface area contributed by atoms with E-state index in [1.807, 2.05) is 0 Å². The Morgan fingerprint density at radius 1 is 1.05 bits per heavy atom. The van der Waals surface area contributed by atoms with Crippen molar-refractivity contribution in [1.29, 1.82) is 5.41 Å². The lowest BCUT2D eigenvalue weighted by Crippen LogP contribution is -2.35. The van der Waals surface area contributed by atoms with E-state index in [9.17, 15) is 9.90 Å². The molecule has 5 rings (SSSR count). The van der Waals surface area contributed by atoms with Crippen LogP contribution in [0.4, 0.5) is 16.6 Å². The molecule has 2 aromatic rings. The number of hydrogen-bond acceptors (Lipinski definition) is 7. The van der Waals surface area contributed by atoms with E-state index in [-0.39, 0.29) is 17.7 Å². The highest BCUT2D eigenvalue weighted by atomic mass is 16.4. The second-order valence-electron chi connectivity index (χ2n) is 12.1. The molecule has 0 aromatic carbocycles. The fourth-order valence-corrected chi connectivity index (χ4v) is 6.54. The Morgan fingerprint density at radius 2 is 1.74 bits per heavy atom. The first-order valence-electron chi connectivity index (χ1n) is 14.8. The summed E-state index contributed by atoms with van der Waals surface area (Å²) in [4.78, 5) is 28.0. The van der Waals surface area contributed by atoms with Crippen molar-refractivity contribution in [2.45, 2.75) is 103 Å². The van der Waals surface area contributed by atoms with Crippen LogP contribution in [0.3, 0.4) is 0 Å². The van der Waals surface area contributed by atoms with Crippen molar-refractivity contribution in [3.8, 4) is 0 Å². The van der Waals surface area contributed by atoms with Crippen LogP contribution in [0.15, 0.2) is 6.58 Å². The minimum atomic E-state index is -1.32. The van der Waals surface area contributed by atoms with Gasteiger partial charge >= 0.3 is 6.09 Å². The molecule has 2 heterocycles. The summed E-state index contributed by atoms with van der Waals surface area (Å²) in [7, 11) is 2.12. The lowest BCUT2D eigenvalue weighted by atomic mass is 9.80. The molecule has 0 aliphatic heterocycles. The Hall–Kier alpha value is -3.17. The number of amidine groups is 1. The quantitative estimate of drug-likeness (QED) is 0.237. The Labute approximate surface area is 231 Å². The topological polar surface area (TPSA) is 132 Å². The van der Waals surface area contributed by atoms with Crippen molar-refractivity contribution in [1.82, 2.24) is 24.8 Å². The van der Waals surface area contributed by atoms with E-state index < -0.39 is 6.09 Å². The number of aromatic nitrogens is 4. The van der Waals surface area contributed by atoms with E-state index in [2.05, 4.69) is 52.6 Å². The molecule has 39 heavy (non-hydrogen) atoms. The smallest absolute Gasteiger partial charge is 0.410 e. The molecular weight excluding hydrogens is 492 g/mol. The zero-order valence-corrected chi connectivity index (χ0v) is 23.7. The van der Waals surface area contributed by atoms with Gasteiger partial charge in [0, 0.05) is 24.8 Å². The number of nitrogens with one attached hydrogen (secondary N) is 3. The molecule has 0 spiro atoms. The van der Waals surface area contributed by atoms with Gasteiger partial charge in [-0.25, -0.2) is 14.8 Å². The summed E-state index contributed by atoms with van der Waals surface area (Å²) < 4.78 is 2.18. The van der Waals surface area contributed by atoms with Gasteiger partial charge < -0.3 is 15.3 Å². The van der Waals surface area contributed by atoms with Crippen LogP contribution < -0.4 is 15.5 Å². The molecule has 3 saturated carbocycles. The molecule has 1 atom stereocenters. The molecule has 212 valence electrons. The van der Waals surface area contributed by atoms with Gasteiger partial charge in [-0.15, -0.1) is 0 Å². The largest absolute Gasteiger partial charge is 0.465 e. The lowest BCUT2D eigenvalue weighted by molar-refractivity contribution is 0.200. The first kappa shape index (κ1) is 27.4. The molecular formula is C29H44N8O2. The summed E-state index contributed by atoms with van der Waals surface area (Å²) in [6.07, 6.45) is 12.8. The predicted molar refractivity (Wildman–Crippen MR) is 155 cm³/mol. The predicted octanol–water partition coefficient (Wildman–Crippen LogP) is 6.09. The first-order valence-corrected chi connectivity index (χ1v) is 14.8. The normalized spacial score (nSPS) is 23.2. The van der Waals surface area contributed by atoms with Gasteiger partial charge in [-0.2, -0.15) is 4.98 Å². The number of allylic oxidation sites excluding steroid dienone is 1. The monoisotopic (exact) mass is 536 g/mol. The van der Waals surface area contributed by atoms with Crippen LogP contribution >= 0.6 is 0 Å². The third kappa shape index (κ3) is 5.75. The van der Waals surface area contributed by atoms with Crippen LogP contribution in [-0.2, 0) is 0 Å². The van der Waals surface area contributed by atoms with Crippen LogP contribution in [0.2, 0.25) is 0 Å². The van der Waals surface area contributed by atoms with Gasteiger partial charge in [0.15, 0.2) is 23.1 Å². The highest BCUT2D eigenvalue weighted by Crippen LogP contribution is 2.40. The third-order valence-corrected chi connectivity index (χ3v) is 9.38. The van der Waals surface area contributed by atoms with Gasteiger partial charge in [-0.3, -0.25) is 15.3 Å². The molecule has 0 bridgehead atoms. The van der Waals surface area contributed by atoms with Gasteiger partial charge in [0.2, 0.25) is 5.95 Å². The van der Waals surface area contributed by atoms with Crippen molar-refractivity contribution in [3.63, 3.8) is 0 Å². The zero-order chi connectivity index (χ0) is 27.7. The fraction of sp³-hybridized carbons (Fsp3) is 0.690. The molecule has 0 saturated heterocycles. The maximum Gasteiger partial charge on any atom is 0.410 e. The molecule has 3 aliphatic rings. The van der Waals surface area contributed by atoms with E-state index in [1.54, 1.807) is 0 Å². The summed E-state index contributed by atoms with van der Waals surface area (Å²) in [5.41, 5.74) is 2.26. The first-order chi connectivity index (χ1) is 18.7. The maximum absolute atomic E-state index is 11.3. The number of rotatable bonds is 8. The Kier molecular flexibility index (Phi) is 8.09. The summed E-state index contributed by atoms with van der Waals surface area (Å²) in [6.45, 7) is 9.14. The second kappa shape index (κ2) is 11.5. The molecule has 2 aromatic heterocycles. The van der Waals surface area contributed by atoms with Gasteiger partial charge in [0.05, 0.1) is 0 Å². The highest BCUT2D eigenvalue weighted by molar-refractivity contribution is 6.03. The molecule has 3 aliphatic carbocycles. The molecule has 1 amide bonds. The van der Waals surface area contributed by atoms with Crippen LogP contribution in [-0.4, -0.2) is 55.7 Å². The minimum Gasteiger partial charge on any atom is -0.465 e. The third-order valence-electron chi connectivity index (χ3n) is 9.38. The summed E-state index contributed by atoms with van der Waals surface area (Å²) in [5, 5.41) is 23.3. The minimum absolute atomic E-state index is 0.0156. The molecule has 10 nitrogen and oxygen atoms in total. The van der Waals surface area contributed by atoms with Crippen LogP contribution in [0.5, 0.6) is 0 Å². The van der Waals surface area contributed by atoms with Crippen LogP contribution in [0.25, 0.3) is 16.9 Å². The molecule has 0 unspecified atom stereocenters. The van der Waals surface area contributed by atoms with Crippen molar-refractivity contribution >= 4 is 40.6 Å². The molecule has 4 N–H and O–H groups in total. The average Bonchev–Trinajstić information content (AvgIpc) is 3.27. The standard InChI is InChI=1S/C29H44N8O2/c1-17-13-15-21(16-14-17)19(3)37-23-25(31-18(2)20-9-8-10-20)33-27(24(30)32-29(38)39)34-26(23)35-28(37)36(4)22-11-6-5-7-12-22/h17-18,20-22H,3,5-16H2,1-2,4H3,(H2,30,32)(H,38,39)(H,31,33,34)/t17?,18-,21?/m1/s1. The summed E-state index contributed by atoms with van der Waals surface area (Å²) >= 11 is 0. The number of fused-ring (bicyclic) bond motifs is 1. The van der Waals surface area contributed by atoms with E-state index in [0.717, 1.165) is 48.8 Å². The fourth-order valence-electron chi connectivity index (χ4n) is 6.54. The number of hydrogen-bond donors (Lipinski definition) is 4. The Balaban J connectivity index is 1.64. The number of imidazole rings is 1. The Morgan fingerprint density at radius 3 is 2.36 bits per heavy atom.